The molecule has 1 atom stereocenters. The van der Waals surface area contributed by atoms with Crippen molar-refractivity contribution < 1.29 is 19.4 Å². The number of amides is 1. The average Bonchev–Trinajstić information content (AvgIpc) is 3.39. The van der Waals surface area contributed by atoms with Crippen molar-refractivity contribution >= 4 is 11.5 Å². The van der Waals surface area contributed by atoms with Crippen LogP contribution in [-0.4, -0.2) is 34.8 Å². The van der Waals surface area contributed by atoms with Gasteiger partial charge in [-0.3, -0.25) is 4.79 Å². The first kappa shape index (κ1) is 23.9. The van der Waals surface area contributed by atoms with Gasteiger partial charge in [0, 0.05) is 43.0 Å². The Morgan fingerprint density at radius 3 is 2.57 bits per heavy atom. The molecule has 8 nitrogen and oxygen atoms in total. The van der Waals surface area contributed by atoms with E-state index in [1.807, 2.05) is 36.9 Å². The number of fused-ring (bicyclic) bond motifs is 1. The molecule has 0 saturated heterocycles. The van der Waals surface area contributed by atoms with Crippen molar-refractivity contribution in [1.82, 2.24) is 14.9 Å². The van der Waals surface area contributed by atoms with Crippen LogP contribution in [-0.2, 0) is 24.8 Å². The molecular formula is C27H28N4O4. The molecule has 180 valence electrons. The summed E-state index contributed by atoms with van der Waals surface area (Å²) in [6, 6.07) is 11.3. The Bertz CT molecular complexity index is 1320. The predicted octanol–water partition coefficient (Wildman–Crippen LogP) is 3.83. The summed E-state index contributed by atoms with van der Waals surface area (Å²) >= 11 is 0. The summed E-state index contributed by atoms with van der Waals surface area (Å²) in [5, 5.41) is 22.7. The molecule has 0 spiro atoms. The Balaban J connectivity index is 1.64. The van der Waals surface area contributed by atoms with Crippen LogP contribution in [0.5, 0.6) is 17.2 Å². The third kappa shape index (κ3) is 4.71. The number of carbonyl (C=O) groups is 1. The first-order chi connectivity index (χ1) is 16.9. The number of hydrogen-bond acceptors (Lipinski definition) is 6. The Hall–Kier alpha value is -4.25. The average molecular weight is 473 g/mol. The van der Waals surface area contributed by atoms with Gasteiger partial charge in [-0.1, -0.05) is 5.57 Å². The molecule has 2 heterocycles. The zero-order valence-electron chi connectivity index (χ0n) is 20.3. The summed E-state index contributed by atoms with van der Waals surface area (Å²) < 4.78 is 12.6. The standard InChI is InChI=1S/C27H28N4O4/c1-16-20(8-17-9-24(34-3)27(33)25(10-17)35-4)23-15-29-18(13-28)11-22(23)21(16)12-26(32)30-14-19-6-5-7-31(19)2/h5-7,9-11,15,21,33H,8,12,14H2,1-4H3,(H,30,32). The third-order valence-electron chi connectivity index (χ3n) is 6.58. The zero-order chi connectivity index (χ0) is 25.1. The summed E-state index contributed by atoms with van der Waals surface area (Å²) in [7, 11) is 4.92. The van der Waals surface area contributed by atoms with Gasteiger partial charge >= 0.3 is 0 Å². The van der Waals surface area contributed by atoms with Crippen LogP contribution in [0.4, 0.5) is 0 Å². The van der Waals surface area contributed by atoms with Crippen molar-refractivity contribution in [3.63, 3.8) is 0 Å². The molecule has 1 aliphatic rings. The van der Waals surface area contributed by atoms with Crippen molar-refractivity contribution in [3.8, 4) is 23.3 Å². The number of hydrogen-bond donors (Lipinski definition) is 2. The van der Waals surface area contributed by atoms with E-state index in [4.69, 9.17) is 9.47 Å². The number of phenols is 1. The van der Waals surface area contributed by atoms with Crippen LogP contribution in [0.25, 0.3) is 5.57 Å². The fourth-order valence-corrected chi connectivity index (χ4v) is 4.61. The van der Waals surface area contributed by atoms with Crippen molar-refractivity contribution in [1.29, 1.82) is 5.26 Å². The number of rotatable bonds is 8. The minimum Gasteiger partial charge on any atom is -0.502 e. The minimum absolute atomic E-state index is 0.0515. The molecule has 35 heavy (non-hydrogen) atoms. The number of phenolic OH excluding ortho intramolecular Hbond substituents is 1. The molecule has 0 bridgehead atoms. The Kier molecular flexibility index (Phi) is 6.78. The van der Waals surface area contributed by atoms with Gasteiger partial charge in [-0.25, -0.2) is 4.98 Å². The van der Waals surface area contributed by atoms with Crippen LogP contribution in [0.2, 0.25) is 0 Å². The third-order valence-corrected chi connectivity index (χ3v) is 6.58. The molecule has 2 N–H and O–H groups in total. The second-order valence-corrected chi connectivity index (χ2v) is 8.60. The van der Waals surface area contributed by atoms with Crippen molar-refractivity contribution in [2.24, 2.45) is 7.05 Å². The normalized spacial score (nSPS) is 14.4. The second kappa shape index (κ2) is 9.94. The molecule has 1 amide bonds. The van der Waals surface area contributed by atoms with Crippen molar-refractivity contribution in [2.45, 2.75) is 32.2 Å². The maximum atomic E-state index is 12.9. The lowest BCUT2D eigenvalue weighted by Gasteiger charge is -2.15. The zero-order valence-corrected chi connectivity index (χ0v) is 20.3. The fraction of sp³-hybridized carbons (Fsp3) is 0.296. The van der Waals surface area contributed by atoms with E-state index in [1.165, 1.54) is 14.2 Å². The SMILES string of the molecule is COc1cc(CC2=C(C)C(CC(=O)NCc3cccn3C)c3cc(C#N)ncc32)cc(OC)c1O. The van der Waals surface area contributed by atoms with Gasteiger partial charge in [-0.15, -0.1) is 0 Å². The van der Waals surface area contributed by atoms with Crippen LogP contribution < -0.4 is 14.8 Å². The Labute approximate surface area is 204 Å². The van der Waals surface area contributed by atoms with E-state index in [1.54, 1.807) is 24.4 Å². The largest absolute Gasteiger partial charge is 0.502 e. The van der Waals surface area contributed by atoms with Crippen LogP contribution in [0.15, 0.2) is 48.3 Å². The lowest BCUT2D eigenvalue weighted by atomic mass is 9.92. The highest BCUT2D eigenvalue weighted by molar-refractivity contribution is 5.84. The molecular weight excluding hydrogens is 444 g/mol. The number of aromatic nitrogens is 2. The van der Waals surface area contributed by atoms with Gasteiger partial charge in [-0.2, -0.15) is 5.26 Å². The van der Waals surface area contributed by atoms with E-state index in [0.29, 0.717) is 30.2 Å². The molecule has 4 rings (SSSR count). The van der Waals surface area contributed by atoms with Crippen molar-refractivity contribution in [3.05, 3.63) is 76.4 Å². The van der Waals surface area contributed by atoms with E-state index in [0.717, 1.165) is 33.5 Å². The van der Waals surface area contributed by atoms with Crippen LogP contribution in [0.1, 0.15) is 47.3 Å². The van der Waals surface area contributed by atoms with Gasteiger partial charge in [0.15, 0.2) is 11.5 Å². The van der Waals surface area contributed by atoms with Gasteiger partial charge in [0.05, 0.1) is 20.8 Å². The topological polar surface area (TPSA) is 109 Å². The van der Waals surface area contributed by atoms with E-state index in [-0.39, 0.29) is 24.0 Å². The number of carbonyl (C=O) groups excluding carboxylic acids is 1. The predicted molar refractivity (Wildman–Crippen MR) is 131 cm³/mol. The Morgan fingerprint density at radius 1 is 1.26 bits per heavy atom. The van der Waals surface area contributed by atoms with Crippen molar-refractivity contribution in [2.75, 3.05) is 14.2 Å². The number of aromatic hydroxyl groups is 1. The number of allylic oxidation sites excluding steroid dienone is 2. The highest BCUT2D eigenvalue weighted by atomic mass is 16.5. The summed E-state index contributed by atoms with van der Waals surface area (Å²) in [4.78, 5) is 17.2. The smallest absolute Gasteiger partial charge is 0.221 e. The molecule has 8 heteroatoms. The van der Waals surface area contributed by atoms with Crippen LogP contribution in [0, 0.1) is 11.3 Å². The molecule has 2 aromatic heterocycles. The van der Waals surface area contributed by atoms with Crippen LogP contribution >= 0.6 is 0 Å². The maximum Gasteiger partial charge on any atom is 0.221 e. The summed E-state index contributed by atoms with van der Waals surface area (Å²) in [5.41, 5.74) is 6.16. The van der Waals surface area contributed by atoms with Gasteiger partial charge in [-0.05, 0) is 60.4 Å². The lowest BCUT2D eigenvalue weighted by molar-refractivity contribution is -0.121. The number of nitrogens with zero attached hydrogens (tertiary/aromatic N) is 3. The highest BCUT2D eigenvalue weighted by Gasteiger charge is 2.31. The maximum absolute atomic E-state index is 12.9. The fourth-order valence-electron chi connectivity index (χ4n) is 4.61. The first-order valence-corrected chi connectivity index (χ1v) is 11.3. The lowest BCUT2D eigenvalue weighted by Crippen LogP contribution is -2.25. The summed E-state index contributed by atoms with van der Waals surface area (Å²) in [6.07, 6.45) is 4.45. The molecule has 1 unspecified atom stereocenters. The van der Waals surface area contributed by atoms with Gasteiger partial charge in [0.25, 0.3) is 0 Å². The van der Waals surface area contributed by atoms with Gasteiger partial charge in [0.2, 0.25) is 11.7 Å². The van der Waals surface area contributed by atoms with E-state index in [2.05, 4.69) is 16.4 Å². The highest BCUT2D eigenvalue weighted by Crippen LogP contribution is 2.46. The van der Waals surface area contributed by atoms with Crippen LogP contribution in [0.3, 0.4) is 0 Å². The molecule has 3 aromatic rings. The number of methoxy groups -OCH3 is 2. The molecule has 0 radical (unpaired) electrons. The van der Waals surface area contributed by atoms with E-state index < -0.39 is 0 Å². The number of nitriles is 1. The molecule has 0 aliphatic heterocycles. The second-order valence-electron chi connectivity index (χ2n) is 8.60. The Morgan fingerprint density at radius 2 is 1.97 bits per heavy atom. The number of pyridine rings is 1. The number of aryl methyl sites for hydroxylation is 1. The molecule has 0 fully saturated rings. The van der Waals surface area contributed by atoms with Gasteiger partial charge < -0.3 is 24.5 Å². The van der Waals surface area contributed by atoms with E-state index >= 15 is 0 Å². The number of ether oxygens (including phenoxy) is 2. The number of benzene rings is 1. The number of nitrogens with one attached hydrogen (secondary N) is 1. The minimum atomic E-state index is -0.163. The quantitative estimate of drug-likeness (QED) is 0.516. The molecule has 1 aliphatic carbocycles. The van der Waals surface area contributed by atoms with Gasteiger partial charge in [0.1, 0.15) is 11.8 Å². The molecule has 1 aromatic carbocycles. The monoisotopic (exact) mass is 472 g/mol. The first-order valence-electron chi connectivity index (χ1n) is 11.3. The summed E-state index contributed by atoms with van der Waals surface area (Å²) in [5.74, 6) is 0.371. The summed E-state index contributed by atoms with van der Waals surface area (Å²) in [6.45, 7) is 2.47. The van der Waals surface area contributed by atoms with E-state index in [9.17, 15) is 15.2 Å². The molecule has 0 saturated carbocycles.